The highest BCUT2D eigenvalue weighted by Crippen LogP contribution is 2.14. The second kappa shape index (κ2) is 8.50. The number of likely N-dealkylation sites (N-methyl/N-ethyl adjacent to an activating group) is 2. The lowest BCUT2D eigenvalue weighted by Crippen LogP contribution is -2.37. The zero-order chi connectivity index (χ0) is 16.8. The molecule has 0 saturated carbocycles. The van der Waals surface area contributed by atoms with Gasteiger partial charge in [-0.1, -0.05) is 41.9 Å². The Morgan fingerprint density at radius 2 is 1.70 bits per heavy atom. The molecule has 0 aliphatic carbocycles. The summed E-state index contributed by atoms with van der Waals surface area (Å²) in [5.41, 5.74) is 2.40. The van der Waals surface area contributed by atoms with E-state index in [2.05, 4.69) is 21.9 Å². The normalized spacial score (nSPS) is 13.0. The van der Waals surface area contributed by atoms with Crippen LogP contribution < -0.4 is 0 Å². The van der Waals surface area contributed by atoms with Crippen molar-refractivity contribution >= 4 is 11.6 Å². The second-order valence-electron chi connectivity index (χ2n) is 6.29. The third kappa shape index (κ3) is 5.99. The minimum atomic E-state index is -0.385. The van der Waals surface area contributed by atoms with Crippen LogP contribution >= 0.6 is 11.6 Å². The van der Waals surface area contributed by atoms with E-state index in [1.807, 2.05) is 56.2 Å². The molecule has 0 radical (unpaired) electrons. The molecule has 1 unspecified atom stereocenters. The molecule has 0 aliphatic rings. The molecule has 23 heavy (non-hydrogen) atoms. The minimum absolute atomic E-state index is 0.385. The number of aliphatic hydroxyl groups is 1. The largest absolute Gasteiger partial charge is 0.390 e. The smallest absolute Gasteiger partial charge is 0.0793 e. The molecule has 1 aromatic heterocycles. The summed E-state index contributed by atoms with van der Waals surface area (Å²) in [4.78, 5) is 4.26. The highest BCUT2D eigenvalue weighted by molar-refractivity contribution is 6.30. The fourth-order valence-corrected chi connectivity index (χ4v) is 3.07. The van der Waals surface area contributed by atoms with Gasteiger partial charge < -0.3 is 9.67 Å². The number of benzene rings is 1. The molecule has 2 rings (SSSR count). The summed E-state index contributed by atoms with van der Waals surface area (Å²) in [6.07, 6.45) is 1.51. The molecule has 0 bridgehead atoms. The van der Waals surface area contributed by atoms with Crippen molar-refractivity contribution in [3.05, 3.63) is 58.9 Å². The van der Waals surface area contributed by atoms with Gasteiger partial charge in [0, 0.05) is 45.1 Å². The quantitative estimate of drug-likeness (QED) is 0.804. The number of aromatic nitrogens is 1. The predicted molar refractivity (Wildman–Crippen MR) is 95.5 cm³/mol. The summed E-state index contributed by atoms with van der Waals surface area (Å²) in [6.45, 7) is 2.88. The first-order valence-corrected chi connectivity index (χ1v) is 8.21. The molecule has 1 atom stereocenters. The fraction of sp³-hybridized carbons (Fsp3) is 0.444. The van der Waals surface area contributed by atoms with E-state index in [0.29, 0.717) is 13.1 Å². The number of aliphatic hydroxyl groups excluding tert-OH is 1. The minimum Gasteiger partial charge on any atom is -0.390 e. The fourth-order valence-electron chi connectivity index (χ4n) is 2.80. The molecule has 0 aliphatic heterocycles. The van der Waals surface area contributed by atoms with Crippen molar-refractivity contribution in [2.45, 2.75) is 19.2 Å². The Balaban J connectivity index is 1.77. The number of hydrogen-bond acceptors (Lipinski definition) is 3. The number of nitrogens with zero attached hydrogens (tertiary/aromatic N) is 3. The maximum atomic E-state index is 10.3. The van der Waals surface area contributed by atoms with Gasteiger partial charge in [0.1, 0.15) is 0 Å². The Hall–Kier alpha value is -1.33. The van der Waals surface area contributed by atoms with Crippen molar-refractivity contribution in [3.63, 3.8) is 0 Å². The first-order chi connectivity index (χ1) is 10.9. The van der Waals surface area contributed by atoms with Gasteiger partial charge >= 0.3 is 0 Å². The number of halogens is 1. The molecule has 1 N–H and O–H groups in total. The van der Waals surface area contributed by atoms with Crippen LogP contribution in [0.4, 0.5) is 0 Å². The number of rotatable bonds is 8. The van der Waals surface area contributed by atoms with Crippen LogP contribution in [-0.2, 0) is 20.1 Å². The molecule has 5 heteroatoms. The van der Waals surface area contributed by atoms with Crippen LogP contribution in [0.1, 0.15) is 11.3 Å². The second-order valence-corrected chi connectivity index (χ2v) is 6.73. The molecule has 1 heterocycles. The van der Waals surface area contributed by atoms with Gasteiger partial charge in [0.15, 0.2) is 0 Å². The Labute approximate surface area is 143 Å². The average molecular weight is 336 g/mol. The van der Waals surface area contributed by atoms with Crippen molar-refractivity contribution < 1.29 is 5.11 Å². The third-order valence-corrected chi connectivity index (χ3v) is 4.05. The Kier molecular flexibility index (Phi) is 6.66. The molecule has 1 aromatic carbocycles. The number of hydrogen-bond donors (Lipinski definition) is 1. The van der Waals surface area contributed by atoms with Gasteiger partial charge in [0.25, 0.3) is 0 Å². The lowest BCUT2D eigenvalue weighted by molar-refractivity contribution is 0.0861. The summed E-state index contributed by atoms with van der Waals surface area (Å²) in [7, 11) is 6.04. The monoisotopic (exact) mass is 335 g/mol. The highest BCUT2D eigenvalue weighted by Gasteiger charge is 2.13. The highest BCUT2D eigenvalue weighted by atomic mass is 35.5. The topological polar surface area (TPSA) is 31.6 Å². The van der Waals surface area contributed by atoms with E-state index in [0.717, 1.165) is 23.8 Å². The molecule has 0 saturated heterocycles. The summed E-state index contributed by atoms with van der Waals surface area (Å²) in [5.74, 6) is 0. The molecule has 0 fully saturated rings. The molecule has 0 spiro atoms. The number of aryl methyl sites for hydroxylation is 1. The molecule has 2 aromatic rings. The van der Waals surface area contributed by atoms with Crippen molar-refractivity contribution in [3.8, 4) is 0 Å². The van der Waals surface area contributed by atoms with Crippen LogP contribution in [0.25, 0.3) is 0 Å². The molecular formula is C18H26ClN3O. The van der Waals surface area contributed by atoms with Gasteiger partial charge in [0.05, 0.1) is 11.1 Å². The van der Waals surface area contributed by atoms with Crippen LogP contribution in [0.15, 0.2) is 42.6 Å². The molecule has 0 amide bonds. The van der Waals surface area contributed by atoms with Gasteiger partial charge in [-0.3, -0.25) is 9.80 Å². The molecular weight excluding hydrogens is 310 g/mol. The van der Waals surface area contributed by atoms with Gasteiger partial charge in [-0.15, -0.1) is 0 Å². The van der Waals surface area contributed by atoms with Crippen LogP contribution in [0.5, 0.6) is 0 Å². The Morgan fingerprint density at radius 3 is 2.26 bits per heavy atom. The van der Waals surface area contributed by atoms with Crippen molar-refractivity contribution in [1.29, 1.82) is 0 Å². The summed E-state index contributed by atoms with van der Waals surface area (Å²) >= 11 is 6.01. The van der Waals surface area contributed by atoms with Crippen molar-refractivity contribution in [1.82, 2.24) is 14.4 Å². The summed E-state index contributed by atoms with van der Waals surface area (Å²) < 4.78 is 2.02. The third-order valence-electron chi connectivity index (χ3n) is 3.85. The van der Waals surface area contributed by atoms with E-state index < -0.39 is 0 Å². The SMILES string of the molecule is CN(Cc1ccccc1)CC(O)CN(C)Cc1cc(Cl)cn1C. The lowest BCUT2D eigenvalue weighted by atomic mass is 10.2. The van der Waals surface area contributed by atoms with Crippen LogP contribution in [0.3, 0.4) is 0 Å². The van der Waals surface area contributed by atoms with E-state index in [1.165, 1.54) is 5.56 Å². The zero-order valence-electron chi connectivity index (χ0n) is 14.1. The van der Waals surface area contributed by atoms with E-state index in [9.17, 15) is 5.11 Å². The maximum Gasteiger partial charge on any atom is 0.0793 e. The first-order valence-electron chi connectivity index (χ1n) is 7.84. The summed E-state index contributed by atoms with van der Waals surface area (Å²) in [6, 6.07) is 12.3. The average Bonchev–Trinajstić information content (AvgIpc) is 2.77. The van der Waals surface area contributed by atoms with E-state index in [4.69, 9.17) is 11.6 Å². The Bertz CT molecular complexity index is 600. The first kappa shape index (κ1) is 18.0. The predicted octanol–water partition coefficient (Wildman–Crippen LogP) is 2.60. The van der Waals surface area contributed by atoms with E-state index in [1.54, 1.807) is 0 Å². The van der Waals surface area contributed by atoms with Gasteiger partial charge in [0.2, 0.25) is 0 Å². The van der Waals surface area contributed by atoms with Gasteiger partial charge in [-0.25, -0.2) is 0 Å². The van der Waals surface area contributed by atoms with E-state index >= 15 is 0 Å². The summed E-state index contributed by atoms with van der Waals surface area (Å²) in [5, 5.41) is 11.1. The van der Waals surface area contributed by atoms with E-state index in [-0.39, 0.29) is 6.10 Å². The van der Waals surface area contributed by atoms with Crippen molar-refractivity contribution in [2.24, 2.45) is 7.05 Å². The van der Waals surface area contributed by atoms with Crippen molar-refractivity contribution in [2.75, 3.05) is 27.2 Å². The zero-order valence-corrected chi connectivity index (χ0v) is 14.9. The lowest BCUT2D eigenvalue weighted by Gasteiger charge is -2.25. The standard InChI is InChI=1S/C18H26ClN3O/c1-20(10-15-7-5-4-6-8-15)13-18(23)14-21(2)12-17-9-16(19)11-22(17)3/h4-9,11,18,23H,10,12-14H2,1-3H3. The van der Waals surface area contributed by atoms with Crippen LogP contribution in [-0.4, -0.2) is 52.8 Å². The van der Waals surface area contributed by atoms with Crippen LogP contribution in [0.2, 0.25) is 5.02 Å². The molecule has 4 nitrogen and oxygen atoms in total. The maximum absolute atomic E-state index is 10.3. The van der Waals surface area contributed by atoms with Crippen LogP contribution in [0, 0.1) is 0 Å². The van der Waals surface area contributed by atoms with Gasteiger partial charge in [-0.05, 0) is 25.7 Å². The van der Waals surface area contributed by atoms with Gasteiger partial charge in [-0.2, -0.15) is 0 Å². The Morgan fingerprint density at radius 1 is 1.09 bits per heavy atom. The molecule has 126 valence electrons.